The summed E-state index contributed by atoms with van der Waals surface area (Å²) in [4.78, 5) is 11.3. The van der Waals surface area contributed by atoms with Crippen LogP contribution in [-0.4, -0.2) is 40.5 Å². The Morgan fingerprint density at radius 3 is 2.42 bits per heavy atom. The molecule has 0 fully saturated rings. The Hall–Kier alpha value is -1.44. The van der Waals surface area contributed by atoms with E-state index < -0.39 is 22.2 Å². The molecule has 0 amide bonds. The van der Waals surface area contributed by atoms with Crippen molar-refractivity contribution in [1.82, 2.24) is 0 Å². The molecule has 0 aromatic heterocycles. The maximum Gasteiger partial charge on any atom is 0.338 e. The van der Waals surface area contributed by atoms with E-state index in [-0.39, 0.29) is 13.2 Å². The van der Waals surface area contributed by atoms with E-state index in [9.17, 15) is 13.2 Å². The molecule has 0 heterocycles. The van der Waals surface area contributed by atoms with Gasteiger partial charge in [-0.25, -0.2) is 4.79 Å². The number of hydrogen-bond donors (Lipinski definition) is 0. The Bertz CT molecular complexity index is 496. The van der Waals surface area contributed by atoms with Gasteiger partial charge < -0.3 is 9.47 Å². The highest BCUT2D eigenvalue weighted by molar-refractivity contribution is 7.86. The lowest BCUT2D eigenvalue weighted by molar-refractivity contribution is -0.151. The van der Waals surface area contributed by atoms with Gasteiger partial charge in [-0.05, 0) is 5.56 Å². The predicted molar refractivity (Wildman–Crippen MR) is 67.8 cm³/mol. The minimum Gasteiger partial charge on any atom is -0.467 e. The molecule has 0 saturated carbocycles. The molecule has 1 rings (SSSR count). The molecule has 0 bridgehead atoms. The van der Waals surface area contributed by atoms with E-state index in [4.69, 9.17) is 4.74 Å². The third-order valence-electron chi connectivity index (χ3n) is 2.14. The Morgan fingerprint density at radius 2 is 1.89 bits per heavy atom. The van der Waals surface area contributed by atoms with Crippen molar-refractivity contribution in [2.75, 3.05) is 20.0 Å². The van der Waals surface area contributed by atoms with Gasteiger partial charge in [0.2, 0.25) is 0 Å². The maximum absolute atomic E-state index is 11.3. The van der Waals surface area contributed by atoms with E-state index in [1.165, 1.54) is 0 Å². The summed E-state index contributed by atoms with van der Waals surface area (Å²) in [5.41, 5.74) is 0.908. The number of carbonyl (C=O) groups excluding carboxylic acids is 1. The molecule has 0 radical (unpaired) electrons. The van der Waals surface area contributed by atoms with Gasteiger partial charge in [-0.2, -0.15) is 8.42 Å². The molecule has 0 unspecified atom stereocenters. The van der Waals surface area contributed by atoms with E-state index >= 15 is 0 Å². The van der Waals surface area contributed by atoms with Crippen molar-refractivity contribution < 1.29 is 26.9 Å². The van der Waals surface area contributed by atoms with E-state index in [0.717, 1.165) is 18.9 Å². The van der Waals surface area contributed by atoms with Crippen LogP contribution in [0.25, 0.3) is 0 Å². The molecular weight excluding hydrogens is 272 g/mol. The lowest BCUT2D eigenvalue weighted by Gasteiger charge is -2.14. The van der Waals surface area contributed by atoms with Crippen molar-refractivity contribution in [1.29, 1.82) is 0 Å². The molecule has 6 nitrogen and oxygen atoms in total. The number of carbonyl (C=O) groups is 1. The number of esters is 1. The molecule has 106 valence electrons. The summed E-state index contributed by atoms with van der Waals surface area (Å²) in [5, 5.41) is 0. The second-order valence-electron chi connectivity index (χ2n) is 3.81. The molecular formula is C12H16O6S. The molecule has 1 aromatic rings. The van der Waals surface area contributed by atoms with Crippen molar-refractivity contribution >= 4 is 16.1 Å². The molecule has 1 aromatic carbocycles. The number of hydrogen-bond acceptors (Lipinski definition) is 6. The fourth-order valence-electron chi connectivity index (χ4n) is 1.34. The van der Waals surface area contributed by atoms with Gasteiger partial charge in [0.1, 0.15) is 0 Å². The van der Waals surface area contributed by atoms with Gasteiger partial charge >= 0.3 is 5.97 Å². The smallest absolute Gasteiger partial charge is 0.338 e. The second kappa shape index (κ2) is 7.22. The Balaban J connectivity index is 2.52. The third-order valence-corrected chi connectivity index (χ3v) is 2.72. The number of rotatable bonds is 7. The van der Waals surface area contributed by atoms with Crippen molar-refractivity contribution in [3.8, 4) is 0 Å². The Labute approximate surface area is 112 Å². The van der Waals surface area contributed by atoms with Crippen LogP contribution in [0.2, 0.25) is 0 Å². The van der Waals surface area contributed by atoms with Crippen LogP contribution in [0.3, 0.4) is 0 Å². The van der Waals surface area contributed by atoms with E-state index in [1.54, 1.807) is 0 Å². The first-order valence-electron chi connectivity index (χ1n) is 5.50. The molecule has 0 spiro atoms. The Morgan fingerprint density at radius 1 is 1.26 bits per heavy atom. The zero-order valence-corrected chi connectivity index (χ0v) is 11.6. The lowest BCUT2D eigenvalue weighted by atomic mass is 10.2. The summed E-state index contributed by atoms with van der Waals surface area (Å²) in [6, 6.07) is 9.27. The fourth-order valence-corrected chi connectivity index (χ4v) is 1.89. The van der Waals surface area contributed by atoms with Gasteiger partial charge in [-0.15, -0.1) is 0 Å². The molecule has 0 N–H and O–H groups in total. The summed E-state index contributed by atoms with van der Waals surface area (Å²) >= 11 is 0. The first kappa shape index (κ1) is 15.6. The SMILES string of the molecule is COC(=O)[C@@H](COCc1ccccc1)OS(C)(=O)=O. The van der Waals surface area contributed by atoms with Crippen LogP contribution in [0.5, 0.6) is 0 Å². The van der Waals surface area contributed by atoms with Crippen molar-refractivity contribution in [2.45, 2.75) is 12.7 Å². The first-order chi connectivity index (χ1) is 8.92. The highest BCUT2D eigenvalue weighted by Gasteiger charge is 2.24. The minimum atomic E-state index is -3.75. The zero-order chi connectivity index (χ0) is 14.3. The Kier molecular flexibility index (Phi) is 5.94. The molecule has 19 heavy (non-hydrogen) atoms. The standard InChI is InChI=1S/C12H16O6S/c1-16-12(13)11(18-19(2,14)15)9-17-8-10-6-4-3-5-7-10/h3-7,11H,8-9H2,1-2H3/t11-/m1/s1. The molecule has 0 saturated heterocycles. The summed E-state index contributed by atoms with van der Waals surface area (Å²) in [7, 11) is -2.60. The van der Waals surface area contributed by atoms with Crippen molar-refractivity contribution in [3.05, 3.63) is 35.9 Å². The van der Waals surface area contributed by atoms with Crippen LogP contribution >= 0.6 is 0 Å². The van der Waals surface area contributed by atoms with Gasteiger partial charge in [0.25, 0.3) is 10.1 Å². The first-order valence-corrected chi connectivity index (χ1v) is 7.32. The van der Waals surface area contributed by atoms with Crippen LogP contribution in [0.15, 0.2) is 30.3 Å². The van der Waals surface area contributed by atoms with Gasteiger partial charge in [0.05, 0.1) is 26.6 Å². The average Bonchev–Trinajstić information content (AvgIpc) is 2.36. The normalized spacial score (nSPS) is 12.9. The monoisotopic (exact) mass is 288 g/mol. The van der Waals surface area contributed by atoms with Crippen molar-refractivity contribution in [3.63, 3.8) is 0 Å². The lowest BCUT2D eigenvalue weighted by Crippen LogP contribution is -2.32. The zero-order valence-electron chi connectivity index (χ0n) is 10.7. The summed E-state index contributed by atoms with van der Waals surface area (Å²) < 4.78 is 36.3. The summed E-state index contributed by atoms with van der Waals surface area (Å²) in [6.45, 7) is 0.0517. The summed E-state index contributed by atoms with van der Waals surface area (Å²) in [5.74, 6) is -0.793. The quantitative estimate of drug-likeness (QED) is 0.543. The highest BCUT2D eigenvalue weighted by Crippen LogP contribution is 2.05. The van der Waals surface area contributed by atoms with Crippen LogP contribution in [0.1, 0.15) is 5.56 Å². The van der Waals surface area contributed by atoms with E-state index in [0.29, 0.717) is 0 Å². The van der Waals surface area contributed by atoms with E-state index in [1.807, 2.05) is 30.3 Å². The molecule has 7 heteroatoms. The third kappa shape index (κ3) is 6.32. The van der Waals surface area contributed by atoms with Gasteiger partial charge in [-0.1, -0.05) is 30.3 Å². The van der Waals surface area contributed by atoms with E-state index in [2.05, 4.69) is 8.92 Å². The average molecular weight is 288 g/mol. The number of methoxy groups -OCH3 is 1. The highest BCUT2D eigenvalue weighted by atomic mass is 32.2. The molecule has 1 atom stereocenters. The fraction of sp³-hybridized carbons (Fsp3) is 0.417. The van der Waals surface area contributed by atoms with Crippen LogP contribution in [-0.2, 0) is 35.2 Å². The molecule has 0 aliphatic carbocycles. The van der Waals surface area contributed by atoms with Gasteiger partial charge in [0, 0.05) is 0 Å². The topological polar surface area (TPSA) is 78.9 Å². The van der Waals surface area contributed by atoms with Crippen molar-refractivity contribution in [2.24, 2.45) is 0 Å². The largest absolute Gasteiger partial charge is 0.467 e. The summed E-state index contributed by atoms with van der Waals surface area (Å²) in [6.07, 6.45) is -0.427. The van der Waals surface area contributed by atoms with Crippen LogP contribution in [0, 0.1) is 0 Å². The van der Waals surface area contributed by atoms with Gasteiger partial charge in [0.15, 0.2) is 6.10 Å². The van der Waals surface area contributed by atoms with Crippen LogP contribution < -0.4 is 0 Å². The van der Waals surface area contributed by atoms with Crippen LogP contribution in [0.4, 0.5) is 0 Å². The number of benzene rings is 1. The maximum atomic E-state index is 11.3. The predicted octanol–water partition coefficient (Wildman–Crippen LogP) is 0.721. The van der Waals surface area contributed by atoms with Gasteiger partial charge in [-0.3, -0.25) is 4.18 Å². The number of ether oxygens (including phenoxy) is 2. The molecule has 0 aliphatic rings. The second-order valence-corrected chi connectivity index (χ2v) is 5.41. The minimum absolute atomic E-state index is 0.200. The molecule has 0 aliphatic heterocycles.